The number of anilines is 2. The lowest BCUT2D eigenvalue weighted by atomic mass is 10.2. The van der Waals surface area contributed by atoms with Gasteiger partial charge in [0, 0.05) is 43.3 Å². The van der Waals surface area contributed by atoms with Gasteiger partial charge >= 0.3 is 0 Å². The maximum Gasteiger partial charge on any atom is 0.158 e. The normalized spacial score (nSPS) is 14.8. The van der Waals surface area contributed by atoms with Crippen molar-refractivity contribution >= 4 is 28.1 Å². The van der Waals surface area contributed by atoms with Gasteiger partial charge in [0.25, 0.3) is 0 Å². The van der Waals surface area contributed by atoms with Crippen LogP contribution in [0.25, 0.3) is 16.6 Å². The van der Waals surface area contributed by atoms with E-state index in [4.69, 9.17) is 9.72 Å². The lowest BCUT2D eigenvalue weighted by Crippen LogP contribution is -2.47. The highest BCUT2D eigenvalue weighted by Gasteiger charge is 2.21. The van der Waals surface area contributed by atoms with Gasteiger partial charge in [0.1, 0.15) is 11.6 Å². The van der Waals surface area contributed by atoms with Crippen molar-refractivity contribution in [2.24, 2.45) is 0 Å². The van der Waals surface area contributed by atoms with E-state index in [1.165, 1.54) is 5.69 Å². The first-order valence-electron chi connectivity index (χ1n) is 9.62. The maximum atomic E-state index is 5.27. The highest BCUT2D eigenvalue weighted by Crippen LogP contribution is 2.28. The van der Waals surface area contributed by atoms with Gasteiger partial charge in [0.15, 0.2) is 5.65 Å². The Morgan fingerprint density at radius 3 is 2.36 bits per heavy atom. The lowest BCUT2D eigenvalue weighted by molar-refractivity contribution is 0.415. The molecule has 0 bridgehead atoms. The van der Waals surface area contributed by atoms with Crippen molar-refractivity contribution in [1.29, 1.82) is 0 Å². The Balaban J connectivity index is 1.44. The Morgan fingerprint density at radius 2 is 1.61 bits per heavy atom. The molecule has 142 valence electrons. The fourth-order valence-corrected chi connectivity index (χ4v) is 3.97. The molecule has 0 amide bonds. The van der Waals surface area contributed by atoms with E-state index in [0.29, 0.717) is 0 Å². The number of ether oxygens (including phenoxy) is 1. The molecule has 0 atom stereocenters. The Kier molecular flexibility index (Phi) is 4.04. The molecule has 1 aliphatic heterocycles. The molecule has 2 aromatic carbocycles. The third-order valence-electron chi connectivity index (χ3n) is 5.42. The Labute approximate surface area is 164 Å². The molecule has 4 aromatic rings. The molecule has 1 saturated heterocycles. The Bertz CT molecular complexity index is 1130. The first-order valence-corrected chi connectivity index (χ1v) is 9.62. The summed E-state index contributed by atoms with van der Waals surface area (Å²) in [5, 5.41) is 5.76. The summed E-state index contributed by atoms with van der Waals surface area (Å²) >= 11 is 0. The van der Waals surface area contributed by atoms with Gasteiger partial charge in [-0.15, -0.1) is 0 Å². The zero-order chi connectivity index (χ0) is 19.1. The quantitative estimate of drug-likeness (QED) is 0.550. The van der Waals surface area contributed by atoms with Crippen LogP contribution in [0, 0.1) is 6.92 Å². The summed E-state index contributed by atoms with van der Waals surface area (Å²) in [4.78, 5) is 9.77. The van der Waals surface area contributed by atoms with Crippen molar-refractivity contribution in [3.05, 3.63) is 60.3 Å². The summed E-state index contributed by atoms with van der Waals surface area (Å²) in [6.07, 6.45) is 0. The molecule has 0 spiro atoms. The van der Waals surface area contributed by atoms with Gasteiger partial charge in [-0.2, -0.15) is 5.10 Å². The number of fused-ring (bicyclic) bond motifs is 3. The molecule has 0 N–H and O–H groups in total. The Hall–Kier alpha value is -3.28. The van der Waals surface area contributed by atoms with Crippen molar-refractivity contribution in [3.8, 4) is 5.75 Å². The molecule has 2 aromatic heterocycles. The van der Waals surface area contributed by atoms with E-state index in [2.05, 4.69) is 51.3 Å². The van der Waals surface area contributed by atoms with E-state index >= 15 is 0 Å². The zero-order valence-corrected chi connectivity index (χ0v) is 16.2. The van der Waals surface area contributed by atoms with E-state index in [1.54, 1.807) is 7.11 Å². The molecule has 0 aliphatic carbocycles. The predicted octanol–water partition coefficient (Wildman–Crippen LogP) is 3.53. The minimum absolute atomic E-state index is 0.891. The zero-order valence-electron chi connectivity index (χ0n) is 16.2. The van der Waals surface area contributed by atoms with Crippen LogP contribution in [0.1, 0.15) is 5.69 Å². The van der Waals surface area contributed by atoms with Gasteiger partial charge in [-0.25, -0.2) is 9.50 Å². The number of benzene rings is 2. The number of aromatic nitrogens is 3. The SMILES string of the molecule is COc1ccc(N2CCN(c3nc4cc(C)nn4c4ccccc34)CC2)cc1. The van der Waals surface area contributed by atoms with Crippen LogP contribution in [0.2, 0.25) is 0 Å². The van der Waals surface area contributed by atoms with Crippen molar-refractivity contribution in [3.63, 3.8) is 0 Å². The molecule has 1 fully saturated rings. The topological polar surface area (TPSA) is 45.9 Å². The second-order valence-corrected chi connectivity index (χ2v) is 7.18. The van der Waals surface area contributed by atoms with Gasteiger partial charge in [-0.1, -0.05) is 12.1 Å². The van der Waals surface area contributed by atoms with E-state index < -0.39 is 0 Å². The molecule has 1 aliphatic rings. The van der Waals surface area contributed by atoms with Crippen molar-refractivity contribution in [2.75, 3.05) is 43.1 Å². The smallest absolute Gasteiger partial charge is 0.158 e. The second kappa shape index (κ2) is 6.71. The number of aryl methyl sites for hydroxylation is 1. The monoisotopic (exact) mass is 373 g/mol. The molecule has 5 rings (SSSR count). The summed E-state index contributed by atoms with van der Waals surface area (Å²) in [7, 11) is 1.70. The molecule has 6 heteroatoms. The highest BCUT2D eigenvalue weighted by atomic mass is 16.5. The van der Waals surface area contributed by atoms with Crippen LogP contribution in [0.3, 0.4) is 0 Å². The number of para-hydroxylation sites is 1. The number of hydrogen-bond donors (Lipinski definition) is 0. The largest absolute Gasteiger partial charge is 0.497 e. The van der Waals surface area contributed by atoms with Gasteiger partial charge < -0.3 is 14.5 Å². The van der Waals surface area contributed by atoms with Crippen LogP contribution >= 0.6 is 0 Å². The fraction of sp³-hybridized carbons (Fsp3) is 0.273. The van der Waals surface area contributed by atoms with Crippen molar-refractivity contribution < 1.29 is 4.74 Å². The maximum absolute atomic E-state index is 5.27. The van der Waals surface area contributed by atoms with Crippen molar-refractivity contribution in [2.45, 2.75) is 6.92 Å². The van der Waals surface area contributed by atoms with E-state index in [1.807, 2.05) is 29.6 Å². The molecule has 28 heavy (non-hydrogen) atoms. The van der Waals surface area contributed by atoms with E-state index in [-0.39, 0.29) is 0 Å². The number of nitrogens with zero attached hydrogens (tertiary/aromatic N) is 5. The summed E-state index contributed by atoms with van der Waals surface area (Å²) < 4.78 is 7.21. The fourth-order valence-electron chi connectivity index (χ4n) is 3.97. The van der Waals surface area contributed by atoms with Crippen LogP contribution in [-0.2, 0) is 0 Å². The number of rotatable bonds is 3. The summed E-state index contributed by atoms with van der Waals surface area (Å²) in [5.41, 5.74) is 4.23. The third kappa shape index (κ3) is 2.81. The van der Waals surface area contributed by atoms with Gasteiger partial charge in [-0.05, 0) is 43.3 Å². The van der Waals surface area contributed by atoms with Gasteiger partial charge in [-0.3, -0.25) is 0 Å². The lowest BCUT2D eigenvalue weighted by Gasteiger charge is -2.37. The predicted molar refractivity (Wildman–Crippen MR) is 113 cm³/mol. The van der Waals surface area contributed by atoms with Crippen LogP contribution in [-0.4, -0.2) is 47.9 Å². The molecular weight excluding hydrogens is 350 g/mol. The number of piperazine rings is 1. The standard InChI is InChI=1S/C22H23N5O/c1-16-15-21-23-22(19-5-3-4-6-20(19)27(21)24-16)26-13-11-25(12-14-26)17-7-9-18(28-2)10-8-17/h3-10,15H,11-14H2,1-2H3. The minimum Gasteiger partial charge on any atom is -0.497 e. The number of methoxy groups -OCH3 is 1. The molecule has 0 radical (unpaired) electrons. The molecule has 3 heterocycles. The van der Waals surface area contributed by atoms with E-state index in [0.717, 1.165) is 60.0 Å². The summed E-state index contributed by atoms with van der Waals surface area (Å²) in [6.45, 7) is 5.81. The Morgan fingerprint density at radius 1 is 0.893 bits per heavy atom. The first-order chi connectivity index (χ1) is 13.7. The average Bonchev–Trinajstić information content (AvgIpc) is 3.14. The van der Waals surface area contributed by atoms with Crippen LogP contribution in [0.5, 0.6) is 5.75 Å². The first kappa shape index (κ1) is 16.9. The van der Waals surface area contributed by atoms with Crippen LogP contribution in [0.15, 0.2) is 54.6 Å². The third-order valence-corrected chi connectivity index (χ3v) is 5.42. The van der Waals surface area contributed by atoms with Gasteiger partial charge in [0.2, 0.25) is 0 Å². The summed E-state index contributed by atoms with van der Waals surface area (Å²) in [5.74, 6) is 1.94. The van der Waals surface area contributed by atoms with Crippen LogP contribution in [0.4, 0.5) is 11.5 Å². The second-order valence-electron chi connectivity index (χ2n) is 7.18. The van der Waals surface area contributed by atoms with Crippen molar-refractivity contribution in [1.82, 2.24) is 14.6 Å². The molecule has 0 saturated carbocycles. The molecule has 6 nitrogen and oxygen atoms in total. The van der Waals surface area contributed by atoms with Crippen LogP contribution < -0.4 is 14.5 Å². The minimum atomic E-state index is 0.891. The van der Waals surface area contributed by atoms with E-state index in [9.17, 15) is 0 Å². The molecular formula is C22H23N5O. The summed E-state index contributed by atoms with van der Waals surface area (Å²) in [6, 6.07) is 18.7. The molecule has 0 unspecified atom stereocenters. The number of hydrogen-bond acceptors (Lipinski definition) is 5. The average molecular weight is 373 g/mol. The highest BCUT2D eigenvalue weighted by molar-refractivity contribution is 5.91. The van der Waals surface area contributed by atoms with Gasteiger partial charge in [0.05, 0.1) is 18.3 Å².